The van der Waals surface area contributed by atoms with Crippen LogP contribution in [0.3, 0.4) is 0 Å². The van der Waals surface area contributed by atoms with Crippen molar-refractivity contribution >= 4 is 43.2 Å². The fourth-order valence-electron chi connectivity index (χ4n) is 1.40. The summed E-state index contributed by atoms with van der Waals surface area (Å²) in [5.41, 5.74) is 0. The highest BCUT2D eigenvalue weighted by Crippen LogP contribution is 2.30. The standard InChI is InChI=1S/C8H9BrN2O3S2/c9-6-1-4-15-8(6)16(13,14)11-3-2-10-7(12)5-11/h1,4H,2-3,5H2,(H,10,12). The second-order valence-corrected chi connectivity index (χ2v) is 7.15. The molecule has 0 atom stereocenters. The summed E-state index contributed by atoms with van der Waals surface area (Å²) in [7, 11) is -3.54. The first kappa shape index (κ1) is 12.0. The van der Waals surface area contributed by atoms with E-state index in [-0.39, 0.29) is 16.7 Å². The number of amides is 1. The van der Waals surface area contributed by atoms with Gasteiger partial charge >= 0.3 is 0 Å². The highest BCUT2D eigenvalue weighted by atomic mass is 79.9. The Morgan fingerprint density at radius 3 is 2.81 bits per heavy atom. The number of nitrogens with zero attached hydrogens (tertiary/aromatic N) is 1. The average Bonchev–Trinajstić information content (AvgIpc) is 2.65. The first-order chi connectivity index (χ1) is 7.51. The molecule has 1 saturated heterocycles. The molecule has 0 aromatic carbocycles. The quantitative estimate of drug-likeness (QED) is 0.867. The van der Waals surface area contributed by atoms with Gasteiger partial charge in [-0.1, -0.05) is 0 Å². The maximum absolute atomic E-state index is 12.1. The van der Waals surface area contributed by atoms with Crippen LogP contribution in [-0.2, 0) is 14.8 Å². The molecule has 16 heavy (non-hydrogen) atoms. The second kappa shape index (κ2) is 4.44. The Labute approximate surface area is 106 Å². The third-order valence-corrected chi connectivity index (χ3v) is 6.65. The van der Waals surface area contributed by atoms with Crippen molar-refractivity contribution < 1.29 is 13.2 Å². The van der Waals surface area contributed by atoms with Crippen LogP contribution in [0.15, 0.2) is 20.1 Å². The SMILES string of the molecule is O=C1CN(S(=O)(=O)c2sccc2Br)CCN1. The van der Waals surface area contributed by atoms with Crippen molar-refractivity contribution in [2.24, 2.45) is 0 Å². The molecule has 0 unspecified atom stereocenters. The summed E-state index contributed by atoms with van der Waals surface area (Å²) in [4.78, 5) is 11.1. The molecule has 1 fully saturated rings. The minimum atomic E-state index is -3.54. The van der Waals surface area contributed by atoms with E-state index in [9.17, 15) is 13.2 Å². The van der Waals surface area contributed by atoms with Gasteiger partial charge in [0, 0.05) is 17.6 Å². The van der Waals surface area contributed by atoms with Crippen LogP contribution in [0.2, 0.25) is 0 Å². The fraction of sp³-hybridized carbons (Fsp3) is 0.375. The van der Waals surface area contributed by atoms with E-state index in [1.807, 2.05) is 0 Å². The zero-order valence-electron chi connectivity index (χ0n) is 8.14. The van der Waals surface area contributed by atoms with Gasteiger partial charge in [-0.25, -0.2) is 8.42 Å². The van der Waals surface area contributed by atoms with Gasteiger partial charge in [-0.15, -0.1) is 11.3 Å². The number of rotatable bonds is 2. The number of nitrogens with one attached hydrogen (secondary N) is 1. The van der Waals surface area contributed by atoms with Gasteiger partial charge in [0.05, 0.1) is 6.54 Å². The van der Waals surface area contributed by atoms with Gasteiger partial charge in [0.25, 0.3) is 10.0 Å². The van der Waals surface area contributed by atoms with Crippen molar-refractivity contribution in [2.45, 2.75) is 4.21 Å². The van der Waals surface area contributed by atoms with Crippen LogP contribution in [0.5, 0.6) is 0 Å². The lowest BCUT2D eigenvalue weighted by atomic mass is 10.4. The smallest absolute Gasteiger partial charge is 0.254 e. The lowest BCUT2D eigenvalue weighted by Crippen LogP contribution is -2.49. The van der Waals surface area contributed by atoms with Gasteiger partial charge in [0.2, 0.25) is 5.91 Å². The Balaban J connectivity index is 2.32. The van der Waals surface area contributed by atoms with Gasteiger partial charge in [-0.2, -0.15) is 4.31 Å². The molecule has 5 nitrogen and oxygen atoms in total. The molecule has 2 rings (SSSR count). The largest absolute Gasteiger partial charge is 0.354 e. The number of hydrogen-bond acceptors (Lipinski definition) is 4. The van der Waals surface area contributed by atoms with Gasteiger partial charge in [-0.05, 0) is 27.4 Å². The van der Waals surface area contributed by atoms with Crippen LogP contribution in [-0.4, -0.2) is 38.3 Å². The van der Waals surface area contributed by atoms with Gasteiger partial charge < -0.3 is 5.32 Å². The molecule has 2 heterocycles. The predicted molar refractivity (Wildman–Crippen MR) is 63.8 cm³/mol. The Bertz CT molecular complexity index is 511. The molecule has 0 radical (unpaired) electrons. The normalized spacial score (nSPS) is 18.4. The number of hydrogen-bond donors (Lipinski definition) is 1. The summed E-state index contributed by atoms with van der Waals surface area (Å²) in [6.07, 6.45) is 0. The van der Waals surface area contributed by atoms with Crippen molar-refractivity contribution in [3.05, 3.63) is 15.9 Å². The molecular weight excluding hydrogens is 316 g/mol. The van der Waals surface area contributed by atoms with Crippen molar-refractivity contribution in [1.29, 1.82) is 0 Å². The van der Waals surface area contributed by atoms with E-state index >= 15 is 0 Å². The number of piperazine rings is 1. The van der Waals surface area contributed by atoms with Crippen molar-refractivity contribution in [3.63, 3.8) is 0 Å². The van der Waals surface area contributed by atoms with E-state index in [1.165, 1.54) is 4.31 Å². The Kier molecular flexibility index (Phi) is 3.34. The minimum Gasteiger partial charge on any atom is -0.354 e. The first-order valence-corrected chi connectivity index (χ1v) is 7.63. The van der Waals surface area contributed by atoms with E-state index in [2.05, 4.69) is 21.2 Å². The lowest BCUT2D eigenvalue weighted by molar-refractivity contribution is -0.122. The van der Waals surface area contributed by atoms with E-state index < -0.39 is 10.0 Å². The van der Waals surface area contributed by atoms with Crippen LogP contribution in [0.1, 0.15) is 0 Å². The Morgan fingerprint density at radius 1 is 1.50 bits per heavy atom. The number of carbonyl (C=O) groups excluding carboxylic acids is 1. The number of thiophene rings is 1. The topological polar surface area (TPSA) is 66.5 Å². The Morgan fingerprint density at radius 2 is 2.25 bits per heavy atom. The number of sulfonamides is 1. The van der Waals surface area contributed by atoms with E-state index in [0.29, 0.717) is 17.6 Å². The van der Waals surface area contributed by atoms with E-state index in [4.69, 9.17) is 0 Å². The molecule has 1 aliphatic heterocycles. The highest BCUT2D eigenvalue weighted by Gasteiger charge is 2.31. The molecule has 1 aromatic heterocycles. The molecule has 0 saturated carbocycles. The van der Waals surface area contributed by atoms with Crippen LogP contribution < -0.4 is 5.32 Å². The zero-order valence-corrected chi connectivity index (χ0v) is 11.4. The third-order valence-electron chi connectivity index (χ3n) is 2.16. The van der Waals surface area contributed by atoms with Crippen LogP contribution >= 0.6 is 27.3 Å². The van der Waals surface area contributed by atoms with Crippen LogP contribution in [0.4, 0.5) is 0 Å². The van der Waals surface area contributed by atoms with Gasteiger partial charge in [0.1, 0.15) is 4.21 Å². The molecule has 1 aliphatic rings. The van der Waals surface area contributed by atoms with Crippen molar-refractivity contribution in [1.82, 2.24) is 9.62 Å². The molecule has 0 bridgehead atoms. The van der Waals surface area contributed by atoms with Crippen molar-refractivity contribution in [2.75, 3.05) is 19.6 Å². The molecule has 1 amide bonds. The predicted octanol–water partition coefficient (Wildman–Crippen LogP) is 0.631. The maximum atomic E-state index is 12.1. The zero-order chi connectivity index (χ0) is 11.8. The van der Waals surface area contributed by atoms with Crippen LogP contribution in [0, 0.1) is 0 Å². The molecule has 1 N–H and O–H groups in total. The van der Waals surface area contributed by atoms with Gasteiger partial charge in [0.15, 0.2) is 0 Å². The molecule has 1 aromatic rings. The average molecular weight is 325 g/mol. The molecule has 88 valence electrons. The highest BCUT2D eigenvalue weighted by molar-refractivity contribution is 9.10. The van der Waals surface area contributed by atoms with E-state index in [1.54, 1.807) is 11.4 Å². The summed E-state index contributed by atoms with van der Waals surface area (Å²) in [5.74, 6) is -0.262. The summed E-state index contributed by atoms with van der Waals surface area (Å²) in [6, 6.07) is 1.68. The number of halogens is 1. The van der Waals surface area contributed by atoms with Crippen LogP contribution in [0.25, 0.3) is 0 Å². The Hall–Kier alpha value is -0.440. The summed E-state index contributed by atoms with van der Waals surface area (Å²) >= 11 is 4.33. The summed E-state index contributed by atoms with van der Waals surface area (Å²) in [5, 5.41) is 4.29. The van der Waals surface area contributed by atoms with E-state index in [0.717, 1.165) is 11.3 Å². The molecule has 0 aliphatic carbocycles. The number of carbonyl (C=O) groups is 1. The summed E-state index contributed by atoms with van der Waals surface area (Å²) < 4.78 is 26.3. The molecular formula is C8H9BrN2O3S2. The molecule has 8 heteroatoms. The molecule has 0 spiro atoms. The van der Waals surface area contributed by atoms with Crippen molar-refractivity contribution in [3.8, 4) is 0 Å². The maximum Gasteiger partial charge on any atom is 0.254 e. The fourth-order valence-corrected chi connectivity index (χ4v) is 5.25. The van der Waals surface area contributed by atoms with Gasteiger partial charge in [-0.3, -0.25) is 4.79 Å². The monoisotopic (exact) mass is 324 g/mol. The summed E-state index contributed by atoms with van der Waals surface area (Å²) in [6.45, 7) is 0.576. The first-order valence-electron chi connectivity index (χ1n) is 4.51. The lowest BCUT2D eigenvalue weighted by Gasteiger charge is -2.25. The minimum absolute atomic E-state index is 0.104. The third kappa shape index (κ3) is 2.15. The second-order valence-electron chi connectivity index (χ2n) is 3.24.